The first-order chi connectivity index (χ1) is 9.45. The van der Waals surface area contributed by atoms with E-state index in [1.54, 1.807) is 12.1 Å². The molecule has 1 aromatic carbocycles. The van der Waals surface area contributed by atoms with Crippen molar-refractivity contribution in [2.45, 2.75) is 30.6 Å². The van der Waals surface area contributed by atoms with Gasteiger partial charge in [0.2, 0.25) is 10.0 Å². The monoisotopic (exact) mass is 297 g/mol. The minimum absolute atomic E-state index is 0.0148. The second-order valence-corrected chi connectivity index (χ2v) is 7.00. The molecule has 0 unspecified atom stereocenters. The molecule has 20 heavy (non-hydrogen) atoms. The van der Waals surface area contributed by atoms with E-state index in [1.807, 2.05) is 6.07 Å². The SMILES string of the molecule is CN(CC/C(N)=N/O)S(=O)(=O)c1ccc2c(c1)CCC2. The van der Waals surface area contributed by atoms with Crippen LogP contribution in [0.1, 0.15) is 24.0 Å². The second-order valence-electron chi connectivity index (χ2n) is 4.95. The molecule has 1 aliphatic carbocycles. The van der Waals surface area contributed by atoms with E-state index in [9.17, 15) is 8.42 Å². The highest BCUT2D eigenvalue weighted by Crippen LogP contribution is 2.25. The standard InChI is InChI=1S/C13H19N3O3S/c1-16(8-7-13(14)15-17)20(18,19)12-6-5-10-3-2-4-11(10)9-12/h5-6,9,17H,2-4,7-8H2,1H3,(H2,14,15). The number of nitrogens with two attached hydrogens (primary N) is 1. The van der Waals surface area contributed by atoms with Gasteiger partial charge in [0.15, 0.2) is 0 Å². The molecule has 3 N–H and O–H groups in total. The van der Waals surface area contributed by atoms with Crippen LogP contribution in [0.25, 0.3) is 0 Å². The highest BCUT2D eigenvalue weighted by Gasteiger charge is 2.22. The molecule has 0 saturated heterocycles. The van der Waals surface area contributed by atoms with Crippen LogP contribution in [0.15, 0.2) is 28.3 Å². The maximum absolute atomic E-state index is 12.4. The predicted octanol–water partition coefficient (Wildman–Crippen LogP) is 0.932. The maximum Gasteiger partial charge on any atom is 0.242 e. The van der Waals surface area contributed by atoms with Crippen LogP contribution < -0.4 is 5.73 Å². The lowest BCUT2D eigenvalue weighted by atomic mass is 10.1. The van der Waals surface area contributed by atoms with Gasteiger partial charge in [0, 0.05) is 20.0 Å². The molecule has 0 spiro atoms. The van der Waals surface area contributed by atoms with Gasteiger partial charge in [-0.3, -0.25) is 0 Å². The Labute approximate surface area is 118 Å². The van der Waals surface area contributed by atoms with Crippen molar-refractivity contribution < 1.29 is 13.6 Å². The molecule has 0 radical (unpaired) electrons. The van der Waals surface area contributed by atoms with E-state index in [2.05, 4.69) is 5.16 Å². The van der Waals surface area contributed by atoms with Gasteiger partial charge in [-0.05, 0) is 42.5 Å². The lowest BCUT2D eigenvalue weighted by Crippen LogP contribution is -2.30. The summed E-state index contributed by atoms with van der Waals surface area (Å²) in [6.45, 7) is 0.176. The fourth-order valence-electron chi connectivity index (χ4n) is 2.33. The van der Waals surface area contributed by atoms with Crippen molar-refractivity contribution in [3.8, 4) is 0 Å². The van der Waals surface area contributed by atoms with E-state index < -0.39 is 10.0 Å². The summed E-state index contributed by atoms with van der Waals surface area (Å²) >= 11 is 0. The van der Waals surface area contributed by atoms with Crippen molar-refractivity contribution >= 4 is 15.9 Å². The smallest absolute Gasteiger partial charge is 0.242 e. The van der Waals surface area contributed by atoms with Crippen molar-refractivity contribution in [3.05, 3.63) is 29.3 Å². The lowest BCUT2D eigenvalue weighted by Gasteiger charge is -2.17. The Morgan fingerprint density at radius 2 is 2.10 bits per heavy atom. The Morgan fingerprint density at radius 1 is 1.40 bits per heavy atom. The Bertz CT molecular complexity index is 626. The van der Waals surface area contributed by atoms with Crippen LogP contribution in [0.4, 0.5) is 0 Å². The summed E-state index contributed by atoms with van der Waals surface area (Å²) in [5.41, 5.74) is 7.72. The number of hydrogen-bond acceptors (Lipinski definition) is 4. The highest BCUT2D eigenvalue weighted by atomic mass is 32.2. The average Bonchev–Trinajstić information content (AvgIpc) is 2.91. The Hall–Kier alpha value is -1.60. The Balaban J connectivity index is 2.17. The third-order valence-electron chi connectivity index (χ3n) is 3.59. The van der Waals surface area contributed by atoms with Crippen LogP contribution in [0, 0.1) is 0 Å². The molecule has 0 amide bonds. The van der Waals surface area contributed by atoms with E-state index >= 15 is 0 Å². The van der Waals surface area contributed by atoms with Crippen LogP contribution in [0.2, 0.25) is 0 Å². The first kappa shape index (κ1) is 14.8. The largest absolute Gasteiger partial charge is 0.409 e. The maximum atomic E-state index is 12.4. The number of oxime groups is 1. The molecule has 0 aromatic heterocycles. The van der Waals surface area contributed by atoms with Crippen LogP contribution in [0.5, 0.6) is 0 Å². The molecule has 1 aliphatic rings. The van der Waals surface area contributed by atoms with Crippen LogP contribution in [-0.4, -0.2) is 37.4 Å². The number of nitrogens with zero attached hydrogens (tertiary/aromatic N) is 2. The molecule has 2 rings (SSSR count). The van der Waals surface area contributed by atoms with Crippen molar-refractivity contribution in [1.29, 1.82) is 0 Å². The predicted molar refractivity (Wildman–Crippen MR) is 76.3 cm³/mol. The van der Waals surface area contributed by atoms with Crippen LogP contribution >= 0.6 is 0 Å². The normalized spacial score (nSPS) is 15.6. The molecular weight excluding hydrogens is 278 g/mol. The number of benzene rings is 1. The van der Waals surface area contributed by atoms with Crippen LogP contribution in [-0.2, 0) is 22.9 Å². The van der Waals surface area contributed by atoms with E-state index in [4.69, 9.17) is 10.9 Å². The number of sulfonamides is 1. The van der Waals surface area contributed by atoms with E-state index in [1.165, 1.54) is 16.9 Å². The zero-order chi connectivity index (χ0) is 14.8. The number of fused-ring (bicyclic) bond motifs is 1. The minimum Gasteiger partial charge on any atom is -0.409 e. The van der Waals surface area contributed by atoms with Gasteiger partial charge in [-0.15, -0.1) is 0 Å². The summed E-state index contributed by atoms with van der Waals surface area (Å²) in [6, 6.07) is 5.31. The van der Waals surface area contributed by atoms with Crippen molar-refractivity contribution in [2.24, 2.45) is 10.9 Å². The second kappa shape index (κ2) is 5.80. The molecule has 0 saturated carbocycles. The average molecular weight is 297 g/mol. The number of amidine groups is 1. The molecule has 7 heteroatoms. The molecule has 0 aliphatic heterocycles. The summed E-state index contributed by atoms with van der Waals surface area (Å²) in [5, 5.41) is 11.3. The third kappa shape index (κ3) is 2.94. The quantitative estimate of drug-likeness (QED) is 0.366. The van der Waals surface area contributed by atoms with Gasteiger partial charge in [-0.25, -0.2) is 12.7 Å². The van der Waals surface area contributed by atoms with Crippen LogP contribution in [0.3, 0.4) is 0 Å². The van der Waals surface area contributed by atoms with Gasteiger partial charge >= 0.3 is 0 Å². The van der Waals surface area contributed by atoms with Crippen molar-refractivity contribution in [1.82, 2.24) is 4.31 Å². The topological polar surface area (TPSA) is 96.0 Å². The molecule has 6 nitrogen and oxygen atoms in total. The molecule has 0 fully saturated rings. The van der Waals surface area contributed by atoms with Gasteiger partial charge < -0.3 is 10.9 Å². The fraction of sp³-hybridized carbons (Fsp3) is 0.462. The van der Waals surface area contributed by atoms with Gasteiger partial charge in [0.1, 0.15) is 5.84 Å². The number of hydrogen-bond donors (Lipinski definition) is 2. The zero-order valence-corrected chi connectivity index (χ0v) is 12.2. The van der Waals surface area contributed by atoms with Gasteiger partial charge in [-0.2, -0.15) is 0 Å². The summed E-state index contributed by atoms with van der Waals surface area (Å²) < 4.78 is 26.1. The zero-order valence-electron chi connectivity index (χ0n) is 11.4. The molecule has 110 valence electrons. The molecule has 0 heterocycles. The molecule has 0 atom stereocenters. The Morgan fingerprint density at radius 3 is 2.80 bits per heavy atom. The van der Waals surface area contributed by atoms with Gasteiger partial charge in [0.25, 0.3) is 0 Å². The fourth-order valence-corrected chi connectivity index (χ4v) is 3.55. The van der Waals surface area contributed by atoms with Gasteiger partial charge in [0.05, 0.1) is 4.90 Å². The first-order valence-electron chi connectivity index (χ1n) is 6.49. The number of rotatable bonds is 5. The lowest BCUT2D eigenvalue weighted by molar-refractivity contribution is 0.316. The number of aryl methyl sites for hydroxylation is 2. The first-order valence-corrected chi connectivity index (χ1v) is 7.93. The summed E-state index contributed by atoms with van der Waals surface area (Å²) in [7, 11) is -2.03. The summed E-state index contributed by atoms with van der Waals surface area (Å²) in [4.78, 5) is 0.306. The van der Waals surface area contributed by atoms with E-state index in [0.29, 0.717) is 4.90 Å². The minimum atomic E-state index is -3.52. The summed E-state index contributed by atoms with van der Waals surface area (Å²) in [6.07, 6.45) is 3.23. The van der Waals surface area contributed by atoms with Crippen molar-refractivity contribution in [2.75, 3.05) is 13.6 Å². The molecular formula is C13H19N3O3S. The molecule has 0 bridgehead atoms. The highest BCUT2D eigenvalue weighted by molar-refractivity contribution is 7.89. The molecule has 1 aromatic rings. The van der Waals surface area contributed by atoms with Crippen molar-refractivity contribution in [3.63, 3.8) is 0 Å². The van der Waals surface area contributed by atoms with E-state index in [-0.39, 0.29) is 18.8 Å². The van der Waals surface area contributed by atoms with E-state index in [0.717, 1.165) is 24.8 Å². The Kier molecular flexibility index (Phi) is 4.29. The van der Waals surface area contributed by atoms with Gasteiger partial charge in [-0.1, -0.05) is 11.2 Å². The third-order valence-corrected chi connectivity index (χ3v) is 5.44. The summed E-state index contributed by atoms with van der Waals surface area (Å²) in [5.74, 6) is 0.0148.